The lowest BCUT2D eigenvalue weighted by molar-refractivity contribution is -0.0171. The minimum Gasteiger partial charge on any atom is -0.444 e. The fraction of sp³-hybridized carbons (Fsp3) is 0.476. The van der Waals surface area contributed by atoms with E-state index < -0.39 is 5.60 Å². The minimum atomic E-state index is -0.447. The van der Waals surface area contributed by atoms with Gasteiger partial charge in [-0.1, -0.05) is 36.4 Å². The minimum absolute atomic E-state index is 0.191. The van der Waals surface area contributed by atoms with Crippen molar-refractivity contribution in [3.63, 3.8) is 0 Å². The first-order valence-corrected chi connectivity index (χ1v) is 10.2. The first-order chi connectivity index (χ1) is 12.3. The fourth-order valence-corrected chi connectivity index (χ4v) is 3.96. The molecule has 4 nitrogen and oxygen atoms in total. The van der Waals surface area contributed by atoms with Crippen molar-refractivity contribution in [3.05, 3.63) is 45.5 Å². The van der Waals surface area contributed by atoms with Crippen LogP contribution in [-0.4, -0.2) is 35.8 Å². The highest BCUT2D eigenvalue weighted by Crippen LogP contribution is 2.26. The molecule has 1 aliphatic heterocycles. The summed E-state index contributed by atoms with van der Waals surface area (Å²) >= 11 is 2.41. The Kier molecular flexibility index (Phi) is 6.07. The lowest BCUT2D eigenvalue weighted by Crippen LogP contribution is -2.43. The van der Waals surface area contributed by atoms with E-state index in [4.69, 9.17) is 9.47 Å². The van der Waals surface area contributed by atoms with Crippen molar-refractivity contribution in [2.45, 2.75) is 51.9 Å². The van der Waals surface area contributed by atoms with E-state index in [9.17, 15) is 4.79 Å². The molecule has 0 saturated carbocycles. The molecule has 0 aliphatic carbocycles. The molecule has 0 radical (unpaired) electrons. The van der Waals surface area contributed by atoms with Crippen LogP contribution >= 0.6 is 22.6 Å². The van der Waals surface area contributed by atoms with Gasteiger partial charge in [0.2, 0.25) is 0 Å². The lowest BCUT2D eigenvalue weighted by atomic mass is 10.1. The van der Waals surface area contributed by atoms with Crippen molar-refractivity contribution in [1.29, 1.82) is 0 Å². The van der Waals surface area contributed by atoms with Gasteiger partial charge in [-0.3, -0.25) is 0 Å². The normalized spacial score (nSPS) is 16.1. The van der Waals surface area contributed by atoms with Crippen LogP contribution in [0.3, 0.4) is 0 Å². The summed E-state index contributed by atoms with van der Waals surface area (Å²) in [6.45, 7) is 7.67. The lowest BCUT2D eigenvalue weighted by Gasteiger charge is -2.33. The molecule has 5 heteroatoms. The second kappa shape index (κ2) is 8.13. The van der Waals surface area contributed by atoms with Crippen LogP contribution in [-0.2, 0) is 16.1 Å². The Balaban J connectivity index is 1.53. The number of piperidine rings is 1. The topological polar surface area (TPSA) is 38.8 Å². The van der Waals surface area contributed by atoms with Crippen LogP contribution in [0.1, 0.15) is 39.2 Å². The zero-order valence-electron chi connectivity index (χ0n) is 15.6. The molecule has 2 aromatic carbocycles. The largest absolute Gasteiger partial charge is 0.444 e. The van der Waals surface area contributed by atoms with Crippen molar-refractivity contribution in [2.24, 2.45) is 0 Å². The van der Waals surface area contributed by atoms with E-state index in [1.54, 1.807) is 4.90 Å². The molecule has 0 bridgehead atoms. The number of carbonyl (C=O) groups is 1. The summed E-state index contributed by atoms with van der Waals surface area (Å²) in [5.74, 6) is 0. The van der Waals surface area contributed by atoms with Gasteiger partial charge in [-0.2, -0.15) is 0 Å². The first-order valence-electron chi connectivity index (χ1n) is 9.09. The standard InChI is InChI=1S/C21H26INO3/c1-21(2,3)26-20(24)23-12-10-17(11-13-23)25-14-16-9-8-15-6-4-5-7-18(15)19(16)22/h4-9,17H,10-14H2,1-3H3. The molecule has 0 atom stereocenters. The van der Waals surface area contributed by atoms with Crippen LogP contribution in [0.4, 0.5) is 4.79 Å². The van der Waals surface area contributed by atoms with Gasteiger partial charge in [-0.05, 0) is 72.5 Å². The summed E-state index contributed by atoms with van der Waals surface area (Å²) in [7, 11) is 0. The fourth-order valence-electron chi connectivity index (χ4n) is 3.13. The number of carbonyl (C=O) groups excluding carboxylic acids is 1. The third kappa shape index (κ3) is 4.88. The Hall–Kier alpha value is -1.34. The van der Waals surface area contributed by atoms with Crippen molar-refractivity contribution < 1.29 is 14.3 Å². The molecule has 1 saturated heterocycles. The Bertz CT molecular complexity index is 776. The average Bonchev–Trinajstić information content (AvgIpc) is 2.60. The molecular formula is C21H26INO3. The Labute approximate surface area is 169 Å². The van der Waals surface area contributed by atoms with Crippen LogP contribution in [0.25, 0.3) is 10.8 Å². The zero-order valence-corrected chi connectivity index (χ0v) is 17.8. The molecule has 0 aromatic heterocycles. The quantitative estimate of drug-likeness (QED) is 0.571. The number of ether oxygens (including phenoxy) is 2. The number of benzene rings is 2. The van der Waals surface area contributed by atoms with Gasteiger partial charge < -0.3 is 14.4 Å². The monoisotopic (exact) mass is 467 g/mol. The second-order valence-electron chi connectivity index (χ2n) is 7.74. The van der Waals surface area contributed by atoms with E-state index in [0.717, 1.165) is 12.8 Å². The van der Waals surface area contributed by atoms with Crippen molar-refractivity contribution >= 4 is 39.5 Å². The molecule has 1 aliphatic rings. The van der Waals surface area contributed by atoms with Gasteiger partial charge in [0.1, 0.15) is 5.60 Å². The average molecular weight is 467 g/mol. The van der Waals surface area contributed by atoms with E-state index in [0.29, 0.717) is 19.7 Å². The van der Waals surface area contributed by atoms with Crippen LogP contribution in [0, 0.1) is 3.57 Å². The maximum absolute atomic E-state index is 12.1. The van der Waals surface area contributed by atoms with Crippen LogP contribution < -0.4 is 0 Å². The number of amides is 1. The maximum Gasteiger partial charge on any atom is 0.410 e. The highest BCUT2D eigenvalue weighted by molar-refractivity contribution is 14.1. The Morgan fingerprint density at radius 1 is 1.15 bits per heavy atom. The van der Waals surface area contributed by atoms with E-state index in [2.05, 4.69) is 59.0 Å². The molecule has 140 valence electrons. The Morgan fingerprint density at radius 2 is 1.85 bits per heavy atom. The predicted octanol–water partition coefficient (Wildman–Crippen LogP) is 5.36. The molecule has 26 heavy (non-hydrogen) atoms. The molecule has 3 rings (SSSR count). The van der Waals surface area contributed by atoms with E-state index in [-0.39, 0.29) is 12.2 Å². The van der Waals surface area contributed by atoms with Crippen molar-refractivity contribution in [2.75, 3.05) is 13.1 Å². The van der Waals surface area contributed by atoms with Gasteiger partial charge in [0.25, 0.3) is 0 Å². The number of likely N-dealkylation sites (tertiary alicyclic amines) is 1. The van der Waals surface area contributed by atoms with Crippen LogP contribution in [0.15, 0.2) is 36.4 Å². The smallest absolute Gasteiger partial charge is 0.410 e. The molecule has 2 aromatic rings. The predicted molar refractivity (Wildman–Crippen MR) is 112 cm³/mol. The van der Waals surface area contributed by atoms with E-state index in [1.165, 1.54) is 19.9 Å². The molecular weight excluding hydrogens is 441 g/mol. The molecule has 0 unspecified atom stereocenters. The summed E-state index contributed by atoms with van der Waals surface area (Å²) in [5, 5.41) is 2.53. The second-order valence-corrected chi connectivity index (χ2v) is 8.82. The number of fused-ring (bicyclic) bond motifs is 1. The Morgan fingerprint density at radius 3 is 2.54 bits per heavy atom. The molecule has 1 heterocycles. The van der Waals surface area contributed by atoms with Crippen LogP contribution in [0.2, 0.25) is 0 Å². The first kappa shape index (κ1) is 19.4. The summed E-state index contributed by atoms with van der Waals surface area (Å²) in [4.78, 5) is 13.9. The van der Waals surface area contributed by atoms with Gasteiger partial charge in [0, 0.05) is 16.7 Å². The van der Waals surface area contributed by atoms with Gasteiger partial charge in [0.15, 0.2) is 0 Å². The number of nitrogens with zero attached hydrogens (tertiary/aromatic N) is 1. The summed E-state index contributed by atoms with van der Waals surface area (Å²) < 4.78 is 12.8. The molecule has 0 spiro atoms. The molecule has 1 amide bonds. The van der Waals surface area contributed by atoms with Gasteiger partial charge in [-0.25, -0.2) is 4.79 Å². The van der Waals surface area contributed by atoms with Crippen molar-refractivity contribution in [1.82, 2.24) is 4.90 Å². The maximum atomic E-state index is 12.1. The highest BCUT2D eigenvalue weighted by atomic mass is 127. The molecule has 0 N–H and O–H groups in total. The number of rotatable bonds is 3. The van der Waals surface area contributed by atoms with Gasteiger partial charge >= 0.3 is 6.09 Å². The number of halogens is 1. The van der Waals surface area contributed by atoms with Crippen molar-refractivity contribution in [3.8, 4) is 0 Å². The SMILES string of the molecule is CC(C)(C)OC(=O)N1CCC(OCc2ccc3ccccc3c2I)CC1. The number of hydrogen-bond donors (Lipinski definition) is 0. The van der Waals surface area contributed by atoms with E-state index >= 15 is 0 Å². The van der Waals surface area contributed by atoms with Gasteiger partial charge in [-0.15, -0.1) is 0 Å². The highest BCUT2D eigenvalue weighted by Gasteiger charge is 2.27. The zero-order chi connectivity index (χ0) is 18.7. The number of hydrogen-bond acceptors (Lipinski definition) is 3. The molecule has 1 fully saturated rings. The third-order valence-electron chi connectivity index (χ3n) is 4.51. The third-order valence-corrected chi connectivity index (χ3v) is 5.79. The summed E-state index contributed by atoms with van der Waals surface area (Å²) in [6.07, 6.45) is 1.67. The van der Waals surface area contributed by atoms with Gasteiger partial charge in [0.05, 0.1) is 12.7 Å². The van der Waals surface area contributed by atoms with E-state index in [1.807, 2.05) is 20.8 Å². The van der Waals surface area contributed by atoms with Crippen LogP contribution in [0.5, 0.6) is 0 Å². The summed E-state index contributed by atoms with van der Waals surface area (Å²) in [5.41, 5.74) is 0.774. The summed E-state index contributed by atoms with van der Waals surface area (Å²) in [6, 6.07) is 12.7.